The van der Waals surface area contributed by atoms with Gasteiger partial charge in [0.25, 0.3) is 0 Å². The lowest BCUT2D eigenvalue weighted by Crippen LogP contribution is -2.03. The van der Waals surface area contributed by atoms with E-state index in [0.717, 1.165) is 6.29 Å². The highest BCUT2D eigenvalue weighted by Crippen LogP contribution is 1.90. The molecule has 1 aliphatic rings. The highest BCUT2D eigenvalue weighted by Gasteiger charge is 1.87. The second kappa shape index (κ2) is 2.87. The van der Waals surface area contributed by atoms with E-state index in [0.29, 0.717) is 5.70 Å². The van der Waals surface area contributed by atoms with Crippen LogP contribution in [0.15, 0.2) is 36.2 Å². The molecule has 46 valence electrons. The number of hydrogen-bond donors (Lipinski definition) is 1. The van der Waals surface area contributed by atoms with Crippen LogP contribution in [0.2, 0.25) is 0 Å². The molecule has 0 spiro atoms. The van der Waals surface area contributed by atoms with Gasteiger partial charge in [-0.25, -0.2) is 0 Å². The molecule has 0 saturated carbocycles. The maximum Gasteiger partial charge on any atom is 1.00 e. The van der Waals surface area contributed by atoms with Crippen molar-refractivity contribution >= 4 is 6.29 Å². The molecule has 1 aliphatic heterocycles. The first kappa shape index (κ1) is 5.82. The van der Waals surface area contributed by atoms with Crippen LogP contribution < -0.4 is 5.32 Å². The number of carbonyl (C=O) groups is 1. The number of allylic oxidation sites excluding steroid dienone is 5. The van der Waals surface area contributed by atoms with Gasteiger partial charge in [-0.05, 0) is 12.2 Å². The Morgan fingerprint density at radius 2 is 2.33 bits per heavy atom. The Morgan fingerprint density at radius 3 is 3.11 bits per heavy atom. The lowest BCUT2D eigenvalue weighted by molar-refractivity contribution is -0.105. The van der Waals surface area contributed by atoms with E-state index in [1.54, 1.807) is 18.4 Å². The van der Waals surface area contributed by atoms with E-state index in [9.17, 15) is 4.79 Å². The Morgan fingerprint density at radius 1 is 1.44 bits per heavy atom. The number of hydrogen-bond acceptors (Lipinski definition) is 2. The molecule has 0 atom stereocenters. The predicted molar refractivity (Wildman–Crippen MR) is 36.7 cm³/mol. The zero-order chi connectivity index (χ0) is 6.53. The summed E-state index contributed by atoms with van der Waals surface area (Å²) in [6.45, 7) is 0. The van der Waals surface area contributed by atoms with Crippen LogP contribution in [-0.4, -0.2) is 6.29 Å². The Hall–Kier alpha value is -1.31. The summed E-state index contributed by atoms with van der Waals surface area (Å²) < 4.78 is 0. The highest BCUT2D eigenvalue weighted by molar-refractivity contribution is 5.73. The molecule has 0 bridgehead atoms. The summed E-state index contributed by atoms with van der Waals surface area (Å²) in [5.41, 5.74) is 0.583. The molecule has 0 unspecified atom stereocenters. The Balaban J connectivity index is 0.000000810. The van der Waals surface area contributed by atoms with Gasteiger partial charge in [-0.3, -0.25) is 4.79 Å². The molecule has 1 rings (SSSR count). The molecular weight excluding hydrogens is 114 g/mol. The number of rotatable bonds is 1. The van der Waals surface area contributed by atoms with Crippen molar-refractivity contribution in [3.05, 3.63) is 36.2 Å². The van der Waals surface area contributed by atoms with Crippen LogP contribution in [0.3, 0.4) is 0 Å². The Kier molecular flexibility index (Phi) is 1.85. The van der Waals surface area contributed by atoms with E-state index in [4.69, 9.17) is 0 Å². The molecule has 2 heteroatoms. The number of aldehydes is 1. The molecule has 0 aromatic carbocycles. The van der Waals surface area contributed by atoms with Gasteiger partial charge in [0, 0.05) is 6.20 Å². The molecule has 0 aromatic heterocycles. The van der Waals surface area contributed by atoms with E-state index in [-0.39, 0.29) is 1.43 Å². The molecule has 2 nitrogen and oxygen atoms in total. The van der Waals surface area contributed by atoms with Crippen molar-refractivity contribution in [1.29, 1.82) is 0 Å². The summed E-state index contributed by atoms with van der Waals surface area (Å²) in [4.78, 5) is 10.1. The van der Waals surface area contributed by atoms with Gasteiger partial charge in [0.1, 0.15) is 0 Å². The SMILES string of the molecule is O=CC1=CC=CC=CN1.[H+]. The van der Waals surface area contributed by atoms with Crippen LogP contribution in [0, 0.1) is 0 Å². The first-order valence-corrected chi connectivity index (χ1v) is 2.69. The highest BCUT2D eigenvalue weighted by atomic mass is 16.1. The molecule has 0 aliphatic carbocycles. The fourth-order valence-corrected chi connectivity index (χ4v) is 0.545. The molecule has 1 N–H and O–H groups in total. The fourth-order valence-electron chi connectivity index (χ4n) is 0.545. The fraction of sp³-hybridized carbons (Fsp3) is 0. The first-order valence-electron chi connectivity index (χ1n) is 2.69. The van der Waals surface area contributed by atoms with Crippen LogP contribution in [0.5, 0.6) is 0 Å². The smallest absolute Gasteiger partial charge is 0.359 e. The van der Waals surface area contributed by atoms with Gasteiger partial charge in [0.2, 0.25) is 0 Å². The van der Waals surface area contributed by atoms with E-state index in [1.807, 2.05) is 12.2 Å². The zero-order valence-corrected chi connectivity index (χ0v) is 4.87. The Labute approximate surface area is 55.1 Å². The van der Waals surface area contributed by atoms with Crippen LogP contribution in [-0.2, 0) is 4.79 Å². The first-order chi connectivity index (χ1) is 4.43. The van der Waals surface area contributed by atoms with E-state index >= 15 is 0 Å². The minimum atomic E-state index is 0. The maximum atomic E-state index is 10.1. The lowest BCUT2D eigenvalue weighted by Gasteiger charge is -1.91. The second-order valence-electron chi connectivity index (χ2n) is 1.63. The third kappa shape index (κ3) is 1.57. The predicted octanol–water partition coefficient (Wildman–Crippen LogP) is 0.855. The van der Waals surface area contributed by atoms with Crippen molar-refractivity contribution in [2.24, 2.45) is 0 Å². The number of nitrogens with one attached hydrogen (secondary N) is 1. The monoisotopic (exact) mass is 122 g/mol. The van der Waals surface area contributed by atoms with Gasteiger partial charge >= 0.3 is 1.43 Å². The minimum Gasteiger partial charge on any atom is -0.359 e. The maximum absolute atomic E-state index is 10.1. The molecule has 1 heterocycles. The molecule has 0 amide bonds. The molecule has 0 radical (unpaired) electrons. The summed E-state index contributed by atoms with van der Waals surface area (Å²) in [5, 5.41) is 2.78. The van der Waals surface area contributed by atoms with Crippen LogP contribution in [0.1, 0.15) is 1.43 Å². The van der Waals surface area contributed by atoms with Gasteiger partial charge < -0.3 is 5.32 Å². The van der Waals surface area contributed by atoms with Gasteiger partial charge in [-0.15, -0.1) is 0 Å². The van der Waals surface area contributed by atoms with Crippen molar-refractivity contribution in [3.63, 3.8) is 0 Å². The summed E-state index contributed by atoms with van der Waals surface area (Å²) >= 11 is 0. The van der Waals surface area contributed by atoms with Crippen molar-refractivity contribution in [3.8, 4) is 0 Å². The van der Waals surface area contributed by atoms with E-state index < -0.39 is 0 Å². The third-order valence-corrected chi connectivity index (χ3v) is 0.971. The quantitative estimate of drug-likeness (QED) is 0.522. The minimum absolute atomic E-state index is 0. The van der Waals surface area contributed by atoms with E-state index in [1.165, 1.54) is 0 Å². The molecular formula is C7H8NO+. The number of carbonyl (C=O) groups excluding carboxylic acids is 1. The summed E-state index contributed by atoms with van der Waals surface area (Å²) in [6.07, 6.45) is 9.69. The van der Waals surface area contributed by atoms with Gasteiger partial charge in [0.05, 0.1) is 5.70 Å². The summed E-state index contributed by atoms with van der Waals surface area (Å²) in [6, 6.07) is 0. The van der Waals surface area contributed by atoms with Gasteiger partial charge in [-0.1, -0.05) is 12.2 Å². The molecule has 0 saturated heterocycles. The zero-order valence-electron chi connectivity index (χ0n) is 5.87. The average Bonchev–Trinajstić information content (AvgIpc) is 2.13. The molecule has 0 fully saturated rings. The summed E-state index contributed by atoms with van der Waals surface area (Å²) in [7, 11) is 0. The van der Waals surface area contributed by atoms with Crippen molar-refractivity contribution in [1.82, 2.24) is 5.32 Å². The van der Waals surface area contributed by atoms with Crippen molar-refractivity contribution < 1.29 is 6.22 Å². The van der Waals surface area contributed by atoms with Crippen LogP contribution in [0.25, 0.3) is 0 Å². The molecule has 9 heavy (non-hydrogen) atoms. The molecule has 0 aromatic rings. The summed E-state index contributed by atoms with van der Waals surface area (Å²) in [5.74, 6) is 0. The Bertz CT molecular complexity index is 194. The van der Waals surface area contributed by atoms with E-state index in [2.05, 4.69) is 5.32 Å². The average molecular weight is 122 g/mol. The van der Waals surface area contributed by atoms with Crippen molar-refractivity contribution in [2.45, 2.75) is 0 Å². The largest absolute Gasteiger partial charge is 1.00 e. The van der Waals surface area contributed by atoms with Gasteiger partial charge in [0.15, 0.2) is 6.29 Å². The van der Waals surface area contributed by atoms with Gasteiger partial charge in [-0.2, -0.15) is 0 Å². The van der Waals surface area contributed by atoms with Crippen molar-refractivity contribution in [2.75, 3.05) is 0 Å². The van der Waals surface area contributed by atoms with Crippen LogP contribution in [0.4, 0.5) is 0 Å². The normalized spacial score (nSPS) is 15.8. The van der Waals surface area contributed by atoms with Crippen LogP contribution >= 0.6 is 0 Å². The topological polar surface area (TPSA) is 29.1 Å². The third-order valence-electron chi connectivity index (χ3n) is 0.971. The lowest BCUT2D eigenvalue weighted by atomic mass is 10.4. The second-order valence-corrected chi connectivity index (χ2v) is 1.63. The standard InChI is InChI=1S/C7H7NO/c9-6-7-4-2-1-3-5-8-7/h1-6,8H/p+1.